The summed E-state index contributed by atoms with van der Waals surface area (Å²) in [6.07, 6.45) is 3.26. The van der Waals surface area contributed by atoms with Gasteiger partial charge in [0.05, 0.1) is 18.8 Å². The second-order valence-corrected chi connectivity index (χ2v) is 11.1. The zero-order valence-corrected chi connectivity index (χ0v) is 25.4. The second-order valence-electron chi connectivity index (χ2n) is 11.1. The highest BCUT2D eigenvalue weighted by atomic mass is 19.2. The van der Waals surface area contributed by atoms with E-state index >= 15 is 4.39 Å². The van der Waals surface area contributed by atoms with Gasteiger partial charge in [0.15, 0.2) is 23.1 Å². The molecule has 8 heteroatoms. The summed E-state index contributed by atoms with van der Waals surface area (Å²) < 4.78 is 76.1. The minimum absolute atomic E-state index is 0.0391. The summed E-state index contributed by atoms with van der Waals surface area (Å²) in [5.74, 6) is -4.98. The van der Waals surface area contributed by atoms with Crippen molar-refractivity contribution in [2.24, 2.45) is 0 Å². The van der Waals surface area contributed by atoms with Gasteiger partial charge in [-0.3, -0.25) is 0 Å². The van der Waals surface area contributed by atoms with Crippen molar-refractivity contribution in [3.05, 3.63) is 107 Å². The molecule has 45 heavy (non-hydrogen) atoms. The molecule has 236 valence electrons. The Morgan fingerprint density at radius 1 is 0.667 bits per heavy atom. The van der Waals surface area contributed by atoms with E-state index in [1.165, 1.54) is 18.2 Å². The summed E-state index contributed by atoms with van der Waals surface area (Å²) in [4.78, 5) is 13.5. The van der Waals surface area contributed by atoms with Crippen molar-refractivity contribution >= 4 is 5.97 Å². The minimum Gasteiger partial charge on any atom is -0.491 e. The molecule has 0 aromatic heterocycles. The predicted molar refractivity (Wildman–Crippen MR) is 166 cm³/mol. The van der Waals surface area contributed by atoms with Crippen LogP contribution >= 0.6 is 0 Å². The summed E-state index contributed by atoms with van der Waals surface area (Å²) in [6, 6.07) is 19.7. The van der Waals surface area contributed by atoms with Gasteiger partial charge in [0.25, 0.3) is 0 Å². The Balaban J connectivity index is 1.31. The van der Waals surface area contributed by atoms with Crippen molar-refractivity contribution in [3.63, 3.8) is 0 Å². The molecular weight excluding hydrogens is 584 g/mol. The van der Waals surface area contributed by atoms with E-state index in [1.54, 1.807) is 61.5 Å². The lowest BCUT2D eigenvalue weighted by Gasteiger charge is -2.29. The number of benzene rings is 4. The van der Waals surface area contributed by atoms with Crippen molar-refractivity contribution in [2.45, 2.75) is 64.4 Å². The first kappa shape index (κ1) is 32.1. The first-order chi connectivity index (χ1) is 21.8. The molecule has 1 aliphatic carbocycles. The molecule has 0 atom stereocenters. The second kappa shape index (κ2) is 14.6. The highest BCUT2D eigenvalue weighted by Gasteiger charge is 2.29. The molecule has 4 nitrogen and oxygen atoms in total. The highest BCUT2D eigenvalue weighted by molar-refractivity contribution is 6.00. The lowest BCUT2D eigenvalue weighted by Crippen LogP contribution is -2.24. The topological polar surface area (TPSA) is 44.8 Å². The van der Waals surface area contributed by atoms with Crippen molar-refractivity contribution in [2.75, 3.05) is 13.2 Å². The number of hydrogen-bond acceptors (Lipinski definition) is 4. The van der Waals surface area contributed by atoms with Crippen LogP contribution in [0.4, 0.5) is 17.6 Å². The molecule has 0 amide bonds. The summed E-state index contributed by atoms with van der Waals surface area (Å²) in [6.45, 7) is 4.20. The molecular formula is C37H36F4O4. The van der Waals surface area contributed by atoms with E-state index in [4.69, 9.17) is 14.2 Å². The van der Waals surface area contributed by atoms with Crippen LogP contribution in [0.15, 0.2) is 72.8 Å². The van der Waals surface area contributed by atoms with Gasteiger partial charge in [-0.15, -0.1) is 0 Å². The molecule has 0 N–H and O–H groups in total. The van der Waals surface area contributed by atoms with Gasteiger partial charge in [0.1, 0.15) is 6.10 Å². The third-order valence-electron chi connectivity index (χ3n) is 8.22. The van der Waals surface area contributed by atoms with Crippen molar-refractivity contribution in [1.82, 2.24) is 0 Å². The van der Waals surface area contributed by atoms with Crippen molar-refractivity contribution in [1.29, 1.82) is 0 Å². The number of halogens is 4. The number of unbranched alkanes of at least 4 members (excludes halogenated alkanes) is 1. The average Bonchev–Trinajstić information content (AvgIpc) is 3.06. The van der Waals surface area contributed by atoms with Gasteiger partial charge in [-0.1, -0.05) is 61.9 Å². The maximum absolute atomic E-state index is 15.2. The van der Waals surface area contributed by atoms with Crippen molar-refractivity contribution in [3.8, 4) is 33.8 Å². The Labute approximate surface area is 261 Å². The first-order valence-electron chi connectivity index (χ1n) is 15.4. The molecule has 0 radical (unpaired) electrons. The molecule has 0 spiro atoms. The maximum atomic E-state index is 15.2. The lowest BCUT2D eigenvalue weighted by atomic mass is 9.82. The standard InChI is InChI=1S/C37H36F4O4/c1-3-5-22-44-32-20-18-25(33(38)36(32)41)23-14-16-24(17-15-23)45-37(42)30-13-9-8-12-28(30)26-10-6-7-11-27(26)29-19-21-31(43-4-2)35(40)34(29)39/h6-13,18-21,23-24H,3-5,14-17,22H2,1-2H3/t23-,24-. The summed E-state index contributed by atoms with van der Waals surface area (Å²) in [5.41, 5.74) is 2.09. The molecule has 5 rings (SSSR count). The first-order valence-corrected chi connectivity index (χ1v) is 15.4. The van der Waals surface area contributed by atoms with Crippen LogP contribution < -0.4 is 9.47 Å². The molecule has 1 aliphatic rings. The van der Waals surface area contributed by atoms with E-state index in [1.807, 2.05) is 6.92 Å². The van der Waals surface area contributed by atoms with Crippen LogP contribution in [0.5, 0.6) is 11.5 Å². The third kappa shape index (κ3) is 7.00. The Kier molecular flexibility index (Phi) is 10.4. The number of rotatable bonds is 11. The fraction of sp³-hybridized carbons (Fsp3) is 0.324. The van der Waals surface area contributed by atoms with E-state index in [9.17, 15) is 18.0 Å². The van der Waals surface area contributed by atoms with Gasteiger partial charge in [-0.2, -0.15) is 8.78 Å². The molecule has 1 saturated carbocycles. The van der Waals surface area contributed by atoms with E-state index in [0.29, 0.717) is 54.5 Å². The average molecular weight is 621 g/mol. The Morgan fingerprint density at radius 2 is 1.27 bits per heavy atom. The molecule has 0 unspecified atom stereocenters. The van der Waals surface area contributed by atoms with Crippen LogP contribution in [0, 0.1) is 23.3 Å². The number of carbonyl (C=O) groups is 1. The lowest BCUT2D eigenvalue weighted by molar-refractivity contribution is 0.0195. The van der Waals surface area contributed by atoms with Gasteiger partial charge in [-0.05, 0) is 91.5 Å². The minimum atomic E-state index is -1.08. The van der Waals surface area contributed by atoms with Crippen molar-refractivity contribution < 1.29 is 36.6 Å². The van der Waals surface area contributed by atoms with E-state index in [-0.39, 0.29) is 35.2 Å². The number of esters is 1. The van der Waals surface area contributed by atoms with Crippen LogP contribution in [0.1, 0.15) is 74.2 Å². The van der Waals surface area contributed by atoms with Gasteiger partial charge < -0.3 is 14.2 Å². The molecule has 1 fully saturated rings. The fourth-order valence-corrected chi connectivity index (χ4v) is 5.86. The highest BCUT2D eigenvalue weighted by Crippen LogP contribution is 2.40. The largest absolute Gasteiger partial charge is 0.491 e. The number of hydrogen-bond donors (Lipinski definition) is 0. The van der Waals surface area contributed by atoms with E-state index in [0.717, 1.165) is 12.8 Å². The zero-order valence-electron chi connectivity index (χ0n) is 25.4. The SMILES string of the molecule is CCCCOc1ccc([C@H]2CC[C@H](OC(=O)c3ccccc3-c3ccccc3-c3ccc(OCC)c(F)c3F)CC2)c(F)c1F. The van der Waals surface area contributed by atoms with E-state index < -0.39 is 35.3 Å². The van der Waals surface area contributed by atoms with Gasteiger partial charge >= 0.3 is 5.97 Å². The van der Waals surface area contributed by atoms with Crippen LogP contribution in [0.2, 0.25) is 0 Å². The monoisotopic (exact) mass is 620 g/mol. The predicted octanol–water partition coefficient (Wildman–Crippen LogP) is 10.0. The van der Waals surface area contributed by atoms with Gasteiger partial charge in [0, 0.05) is 5.56 Å². The van der Waals surface area contributed by atoms with Crippen LogP contribution in [0.3, 0.4) is 0 Å². The Hall–Kier alpha value is -4.33. The van der Waals surface area contributed by atoms with Crippen LogP contribution in [0.25, 0.3) is 22.3 Å². The maximum Gasteiger partial charge on any atom is 0.339 e. The molecule has 0 heterocycles. The molecule has 0 aliphatic heterocycles. The fourth-order valence-electron chi connectivity index (χ4n) is 5.86. The molecule has 0 saturated heterocycles. The molecule has 0 bridgehead atoms. The summed E-state index contributed by atoms with van der Waals surface area (Å²) in [5, 5.41) is 0. The Bertz CT molecular complexity index is 1650. The molecule has 4 aromatic carbocycles. The smallest absolute Gasteiger partial charge is 0.339 e. The Morgan fingerprint density at radius 3 is 1.96 bits per heavy atom. The normalized spacial score (nSPS) is 16.3. The van der Waals surface area contributed by atoms with Gasteiger partial charge in [-0.25, -0.2) is 13.6 Å². The van der Waals surface area contributed by atoms with Gasteiger partial charge in [0.2, 0.25) is 11.6 Å². The number of ether oxygens (including phenoxy) is 3. The summed E-state index contributed by atoms with van der Waals surface area (Å²) in [7, 11) is 0. The zero-order chi connectivity index (χ0) is 31.9. The summed E-state index contributed by atoms with van der Waals surface area (Å²) >= 11 is 0. The van der Waals surface area contributed by atoms with E-state index in [2.05, 4.69) is 0 Å². The number of carbonyl (C=O) groups excluding carboxylic acids is 1. The van der Waals surface area contributed by atoms with Crippen LogP contribution in [-0.2, 0) is 4.74 Å². The molecule has 4 aromatic rings. The van der Waals surface area contributed by atoms with Crippen LogP contribution in [-0.4, -0.2) is 25.3 Å². The quantitative estimate of drug-likeness (QED) is 0.0951. The third-order valence-corrected chi connectivity index (χ3v) is 8.22.